The monoisotopic (exact) mass is 265 g/mol. The summed E-state index contributed by atoms with van der Waals surface area (Å²) in [5.41, 5.74) is 0. The van der Waals surface area contributed by atoms with Gasteiger partial charge in [0.25, 0.3) is 0 Å². The van der Waals surface area contributed by atoms with Gasteiger partial charge in [0.05, 0.1) is 5.75 Å². The topological polar surface area (TPSA) is 52.6 Å². The van der Waals surface area contributed by atoms with E-state index in [9.17, 15) is 8.42 Å². The van der Waals surface area contributed by atoms with Crippen LogP contribution in [-0.4, -0.2) is 84.1 Å². The van der Waals surface area contributed by atoms with Gasteiger partial charge in [0, 0.05) is 25.9 Å². The predicted molar refractivity (Wildman–Crippen MR) is 73.2 cm³/mol. The SMILES string of the molecule is CN(C)CCCNCCN(C)CCS(C)(=O)=O. The molecule has 0 aliphatic heterocycles. The Balaban J connectivity index is 3.36. The molecular formula is C11H27N3O2S. The van der Waals surface area contributed by atoms with Crippen LogP contribution in [0, 0.1) is 0 Å². The van der Waals surface area contributed by atoms with E-state index in [2.05, 4.69) is 24.3 Å². The van der Waals surface area contributed by atoms with Crippen LogP contribution in [0.15, 0.2) is 0 Å². The van der Waals surface area contributed by atoms with Crippen molar-refractivity contribution in [2.75, 3.05) is 65.9 Å². The molecule has 0 fully saturated rings. The Morgan fingerprint density at radius 3 is 2.18 bits per heavy atom. The predicted octanol–water partition coefficient (Wildman–Crippen LogP) is -0.496. The summed E-state index contributed by atoms with van der Waals surface area (Å²) in [6.07, 6.45) is 2.42. The highest BCUT2D eigenvalue weighted by Crippen LogP contribution is 1.87. The fraction of sp³-hybridized carbons (Fsp3) is 1.00. The normalized spacial score (nSPS) is 12.6. The molecule has 1 N–H and O–H groups in total. The van der Waals surface area contributed by atoms with Gasteiger partial charge in [-0.3, -0.25) is 0 Å². The van der Waals surface area contributed by atoms with Crippen LogP contribution >= 0.6 is 0 Å². The first kappa shape index (κ1) is 16.8. The molecule has 0 saturated carbocycles. The largest absolute Gasteiger partial charge is 0.315 e. The van der Waals surface area contributed by atoms with E-state index in [1.807, 2.05) is 11.9 Å². The minimum absolute atomic E-state index is 0.240. The molecule has 17 heavy (non-hydrogen) atoms. The lowest BCUT2D eigenvalue weighted by Crippen LogP contribution is -2.33. The molecule has 0 bridgehead atoms. The second-order valence-electron chi connectivity index (χ2n) is 4.84. The van der Waals surface area contributed by atoms with Crippen LogP contribution in [0.2, 0.25) is 0 Å². The lowest BCUT2D eigenvalue weighted by Gasteiger charge is -2.16. The van der Waals surface area contributed by atoms with Gasteiger partial charge in [-0.05, 0) is 40.7 Å². The maximum Gasteiger partial charge on any atom is 0.148 e. The number of hydrogen-bond donors (Lipinski definition) is 1. The van der Waals surface area contributed by atoms with E-state index in [0.717, 1.165) is 32.6 Å². The Kier molecular flexibility index (Phi) is 8.77. The van der Waals surface area contributed by atoms with Crippen molar-refractivity contribution in [3.8, 4) is 0 Å². The first-order valence-corrected chi connectivity index (χ1v) is 8.09. The standard InChI is InChI=1S/C11H27N3O2S/c1-13(2)8-5-6-12-7-9-14(3)10-11-17(4,15)16/h12H,5-11H2,1-4H3. The minimum atomic E-state index is -2.84. The fourth-order valence-electron chi connectivity index (χ4n) is 1.35. The fourth-order valence-corrected chi connectivity index (χ4v) is 1.99. The van der Waals surface area contributed by atoms with Gasteiger partial charge in [0.15, 0.2) is 0 Å². The second-order valence-corrected chi connectivity index (χ2v) is 7.10. The molecule has 0 heterocycles. The van der Waals surface area contributed by atoms with Gasteiger partial charge < -0.3 is 15.1 Å². The highest BCUT2D eigenvalue weighted by atomic mass is 32.2. The average Bonchev–Trinajstić information content (AvgIpc) is 2.19. The third-order valence-electron chi connectivity index (χ3n) is 2.47. The number of nitrogens with zero attached hydrogens (tertiary/aromatic N) is 2. The molecule has 0 spiro atoms. The van der Waals surface area contributed by atoms with Crippen LogP contribution < -0.4 is 5.32 Å². The van der Waals surface area contributed by atoms with Crippen molar-refractivity contribution in [1.82, 2.24) is 15.1 Å². The Bertz CT molecular complexity index is 278. The van der Waals surface area contributed by atoms with Crippen LogP contribution in [0.4, 0.5) is 0 Å². The highest BCUT2D eigenvalue weighted by Gasteiger charge is 2.04. The zero-order valence-electron chi connectivity index (χ0n) is 11.6. The van der Waals surface area contributed by atoms with Crippen LogP contribution in [0.1, 0.15) is 6.42 Å². The second kappa shape index (κ2) is 8.85. The summed E-state index contributed by atoms with van der Waals surface area (Å²) in [6, 6.07) is 0. The molecule has 5 nitrogen and oxygen atoms in total. The van der Waals surface area contributed by atoms with Crippen LogP contribution in [0.25, 0.3) is 0 Å². The van der Waals surface area contributed by atoms with Crippen LogP contribution in [0.3, 0.4) is 0 Å². The Labute approximate surface area is 106 Å². The molecule has 0 aromatic rings. The quantitative estimate of drug-likeness (QED) is 0.540. The molecule has 6 heteroatoms. The molecule has 0 aliphatic rings. The zero-order valence-corrected chi connectivity index (χ0v) is 12.4. The molecule has 0 aromatic carbocycles. The van der Waals surface area contributed by atoms with E-state index in [4.69, 9.17) is 0 Å². The minimum Gasteiger partial charge on any atom is -0.315 e. The summed E-state index contributed by atoms with van der Waals surface area (Å²) >= 11 is 0. The van der Waals surface area contributed by atoms with Gasteiger partial charge in [-0.2, -0.15) is 0 Å². The van der Waals surface area contributed by atoms with Crippen molar-refractivity contribution in [2.24, 2.45) is 0 Å². The summed E-state index contributed by atoms with van der Waals surface area (Å²) in [7, 11) is 3.25. The van der Waals surface area contributed by atoms with Crippen LogP contribution in [-0.2, 0) is 9.84 Å². The third-order valence-corrected chi connectivity index (χ3v) is 3.40. The van der Waals surface area contributed by atoms with E-state index in [0.29, 0.717) is 6.54 Å². The van der Waals surface area contributed by atoms with Gasteiger partial charge in [0.1, 0.15) is 9.84 Å². The molecule has 0 radical (unpaired) electrons. The summed E-state index contributed by atoms with van der Waals surface area (Å²) in [6.45, 7) is 4.51. The van der Waals surface area contributed by atoms with E-state index in [-0.39, 0.29) is 5.75 Å². The summed E-state index contributed by atoms with van der Waals surface area (Å²) < 4.78 is 21.9. The smallest absolute Gasteiger partial charge is 0.148 e. The number of sulfone groups is 1. The van der Waals surface area contributed by atoms with Gasteiger partial charge in [0.2, 0.25) is 0 Å². The first-order valence-electron chi connectivity index (χ1n) is 6.03. The van der Waals surface area contributed by atoms with Crippen LogP contribution in [0.5, 0.6) is 0 Å². The van der Waals surface area contributed by atoms with Crippen molar-refractivity contribution in [2.45, 2.75) is 6.42 Å². The van der Waals surface area contributed by atoms with Gasteiger partial charge >= 0.3 is 0 Å². The molecule has 0 saturated heterocycles. The van der Waals surface area contributed by atoms with Gasteiger partial charge in [-0.1, -0.05) is 0 Å². The Hall–Kier alpha value is -0.170. The van der Waals surface area contributed by atoms with E-state index in [1.165, 1.54) is 6.26 Å². The average molecular weight is 265 g/mol. The number of likely N-dealkylation sites (N-methyl/N-ethyl adjacent to an activating group) is 1. The van der Waals surface area contributed by atoms with Crippen molar-refractivity contribution in [3.63, 3.8) is 0 Å². The number of hydrogen-bond acceptors (Lipinski definition) is 5. The summed E-state index contributed by atoms with van der Waals surface area (Å²) in [5, 5.41) is 3.35. The maximum absolute atomic E-state index is 11.0. The molecule has 0 amide bonds. The lowest BCUT2D eigenvalue weighted by molar-refractivity contribution is 0.344. The van der Waals surface area contributed by atoms with E-state index >= 15 is 0 Å². The molecule has 0 aliphatic carbocycles. The van der Waals surface area contributed by atoms with Gasteiger partial charge in [-0.15, -0.1) is 0 Å². The zero-order chi connectivity index (χ0) is 13.3. The lowest BCUT2D eigenvalue weighted by atomic mass is 10.4. The Morgan fingerprint density at radius 2 is 1.65 bits per heavy atom. The summed E-state index contributed by atoms with van der Waals surface area (Å²) in [4.78, 5) is 4.21. The molecular weight excluding hydrogens is 238 g/mol. The molecule has 0 atom stereocenters. The van der Waals surface area contributed by atoms with Crippen molar-refractivity contribution in [3.05, 3.63) is 0 Å². The molecule has 0 rings (SSSR count). The first-order chi connectivity index (χ1) is 7.81. The highest BCUT2D eigenvalue weighted by molar-refractivity contribution is 7.90. The number of nitrogens with one attached hydrogen (secondary N) is 1. The van der Waals surface area contributed by atoms with E-state index < -0.39 is 9.84 Å². The van der Waals surface area contributed by atoms with Crippen molar-refractivity contribution >= 4 is 9.84 Å². The van der Waals surface area contributed by atoms with Crippen molar-refractivity contribution < 1.29 is 8.42 Å². The third kappa shape index (κ3) is 13.8. The van der Waals surface area contributed by atoms with E-state index in [1.54, 1.807) is 0 Å². The molecule has 0 unspecified atom stereocenters. The maximum atomic E-state index is 11.0. The Morgan fingerprint density at radius 1 is 1.00 bits per heavy atom. The van der Waals surface area contributed by atoms with Gasteiger partial charge in [-0.25, -0.2) is 8.42 Å². The molecule has 0 aromatic heterocycles. The molecule has 104 valence electrons. The van der Waals surface area contributed by atoms with Crippen molar-refractivity contribution in [1.29, 1.82) is 0 Å². The number of rotatable bonds is 10. The summed E-state index contributed by atoms with van der Waals surface area (Å²) in [5.74, 6) is 0.240.